The fourth-order valence-electron chi connectivity index (χ4n) is 1.49. The summed E-state index contributed by atoms with van der Waals surface area (Å²) >= 11 is 0. The van der Waals surface area contributed by atoms with Gasteiger partial charge in [-0.2, -0.15) is 4.31 Å². The fraction of sp³-hybridized carbons (Fsp3) is 0.455. The van der Waals surface area contributed by atoms with Gasteiger partial charge in [-0.15, -0.1) is 0 Å². The van der Waals surface area contributed by atoms with E-state index < -0.39 is 31.6 Å². The smallest absolute Gasteiger partial charge is 0.293 e. The third-order valence-corrected chi connectivity index (χ3v) is 4.92. The van der Waals surface area contributed by atoms with Gasteiger partial charge >= 0.3 is 0 Å². The van der Waals surface area contributed by atoms with Crippen LogP contribution in [0, 0.1) is 10.1 Å². The van der Waals surface area contributed by atoms with Crippen molar-refractivity contribution in [1.29, 1.82) is 0 Å². The normalized spacial score (nSPS) is 13.2. The van der Waals surface area contributed by atoms with Gasteiger partial charge in [0.25, 0.3) is 5.69 Å². The molecule has 0 heterocycles. The monoisotopic (exact) mass is 304 g/mol. The van der Waals surface area contributed by atoms with Crippen LogP contribution in [0.15, 0.2) is 23.1 Å². The summed E-state index contributed by atoms with van der Waals surface area (Å²) in [6.45, 7) is 1.10. The van der Waals surface area contributed by atoms with Gasteiger partial charge in [-0.25, -0.2) is 8.42 Å². The number of hydrogen-bond acceptors (Lipinski definition) is 6. The van der Waals surface area contributed by atoms with Gasteiger partial charge in [0.05, 0.1) is 24.7 Å². The number of nitro groups is 1. The van der Waals surface area contributed by atoms with Crippen molar-refractivity contribution in [3.8, 4) is 5.75 Å². The standard InChI is InChI=1S/C11H16N2O6S/c1-8(7-14)12(2)20(17,18)11-5-4-9(19-3)6-10(11)13(15)16/h4-6,8,14H,7H2,1-3H3. The Balaban J connectivity index is 3.42. The van der Waals surface area contributed by atoms with Crippen LogP contribution >= 0.6 is 0 Å². The van der Waals surface area contributed by atoms with Crippen molar-refractivity contribution in [1.82, 2.24) is 4.31 Å². The minimum Gasteiger partial charge on any atom is -0.497 e. The predicted molar refractivity (Wildman–Crippen MR) is 71.1 cm³/mol. The molecule has 1 N–H and O–H groups in total. The van der Waals surface area contributed by atoms with Crippen LogP contribution in [0.5, 0.6) is 5.75 Å². The largest absolute Gasteiger partial charge is 0.497 e. The van der Waals surface area contributed by atoms with E-state index in [4.69, 9.17) is 9.84 Å². The highest BCUT2D eigenvalue weighted by Gasteiger charge is 2.32. The molecule has 0 radical (unpaired) electrons. The minimum atomic E-state index is -4.07. The molecule has 0 bridgehead atoms. The lowest BCUT2D eigenvalue weighted by Crippen LogP contribution is -2.37. The lowest BCUT2D eigenvalue weighted by molar-refractivity contribution is -0.387. The van der Waals surface area contributed by atoms with Crippen LogP contribution < -0.4 is 4.74 Å². The van der Waals surface area contributed by atoms with E-state index in [0.29, 0.717) is 0 Å². The van der Waals surface area contributed by atoms with Crippen LogP contribution in [0.4, 0.5) is 5.69 Å². The first-order chi connectivity index (χ1) is 9.25. The zero-order chi connectivity index (χ0) is 15.5. The Kier molecular flexibility index (Phi) is 5.03. The molecule has 0 aliphatic rings. The second-order valence-corrected chi connectivity index (χ2v) is 6.11. The van der Waals surface area contributed by atoms with E-state index in [1.807, 2.05) is 0 Å². The van der Waals surface area contributed by atoms with Crippen molar-refractivity contribution in [2.75, 3.05) is 20.8 Å². The number of aliphatic hydroxyl groups excluding tert-OH is 1. The number of likely N-dealkylation sites (N-methyl/N-ethyl adjacent to an activating group) is 1. The number of sulfonamides is 1. The molecule has 1 atom stereocenters. The van der Waals surface area contributed by atoms with Crippen LogP contribution in [-0.4, -0.2) is 49.6 Å². The van der Waals surface area contributed by atoms with E-state index in [2.05, 4.69) is 0 Å². The minimum absolute atomic E-state index is 0.188. The van der Waals surface area contributed by atoms with Gasteiger partial charge in [-0.1, -0.05) is 0 Å². The maximum absolute atomic E-state index is 12.3. The molecule has 20 heavy (non-hydrogen) atoms. The van der Waals surface area contributed by atoms with Gasteiger partial charge in [0.2, 0.25) is 10.0 Å². The molecule has 0 saturated carbocycles. The van der Waals surface area contributed by atoms with Crippen LogP contribution in [-0.2, 0) is 10.0 Å². The summed E-state index contributed by atoms with van der Waals surface area (Å²) in [6, 6.07) is 2.80. The summed E-state index contributed by atoms with van der Waals surface area (Å²) in [5.74, 6) is 0.188. The lowest BCUT2D eigenvalue weighted by Gasteiger charge is -2.22. The third-order valence-electron chi connectivity index (χ3n) is 2.90. The molecule has 1 aromatic rings. The van der Waals surface area contributed by atoms with Crippen molar-refractivity contribution in [3.63, 3.8) is 0 Å². The van der Waals surface area contributed by atoms with E-state index in [0.717, 1.165) is 16.4 Å². The number of rotatable bonds is 6. The Morgan fingerprint density at radius 3 is 2.55 bits per heavy atom. The second-order valence-electron chi connectivity index (χ2n) is 4.14. The van der Waals surface area contributed by atoms with E-state index in [9.17, 15) is 18.5 Å². The van der Waals surface area contributed by atoms with Gasteiger partial charge in [0.1, 0.15) is 5.75 Å². The first kappa shape index (κ1) is 16.3. The summed E-state index contributed by atoms with van der Waals surface area (Å²) in [6.07, 6.45) is 0. The molecule has 1 unspecified atom stereocenters. The Labute approximate surface area is 116 Å². The van der Waals surface area contributed by atoms with Gasteiger partial charge in [-0.3, -0.25) is 10.1 Å². The van der Waals surface area contributed by atoms with Crippen molar-refractivity contribution in [2.45, 2.75) is 17.9 Å². The predicted octanol–water partition coefficient (Wildman–Crippen LogP) is 0.605. The summed E-state index contributed by atoms with van der Waals surface area (Å²) in [5.41, 5.74) is -0.568. The zero-order valence-electron chi connectivity index (χ0n) is 11.3. The van der Waals surface area contributed by atoms with Crippen molar-refractivity contribution >= 4 is 15.7 Å². The van der Waals surface area contributed by atoms with E-state index in [-0.39, 0.29) is 12.4 Å². The molecule has 0 aromatic heterocycles. The number of benzene rings is 1. The maximum Gasteiger partial charge on any atom is 0.293 e. The first-order valence-corrected chi connectivity index (χ1v) is 7.11. The molecule has 0 aliphatic heterocycles. The molecule has 0 spiro atoms. The number of nitro benzene ring substituents is 1. The van der Waals surface area contributed by atoms with Gasteiger partial charge in [0.15, 0.2) is 4.90 Å². The Hall–Kier alpha value is -1.71. The van der Waals surface area contributed by atoms with Gasteiger partial charge in [-0.05, 0) is 19.1 Å². The van der Waals surface area contributed by atoms with Crippen LogP contribution in [0.1, 0.15) is 6.92 Å². The molecule has 0 aliphatic carbocycles. The fourth-order valence-corrected chi connectivity index (χ4v) is 2.98. The Bertz CT molecular complexity index is 601. The topological polar surface area (TPSA) is 110 Å². The number of aliphatic hydroxyl groups is 1. The molecule has 0 fully saturated rings. The molecule has 0 saturated heterocycles. The molecule has 0 amide bonds. The highest BCUT2D eigenvalue weighted by Crippen LogP contribution is 2.30. The number of ether oxygens (including phenoxy) is 1. The average Bonchev–Trinajstić information content (AvgIpc) is 2.44. The number of methoxy groups -OCH3 is 1. The summed E-state index contributed by atoms with van der Waals surface area (Å²) in [4.78, 5) is 9.79. The Morgan fingerprint density at radius 2 is 2.10 bits per heavy atom. The van der Waals surface area contributed by atoms with E-state index in [1.165, 1.54) is 27.1 Å². The highest BCUT2D eigenvalue weighted by atomic mass is 32.2. The maximum atomic E-state index is 12.3. The number of hydrogen-bond donors (Lipinski definition) is 1. The number of nitrogens with zero attached hydrogens (tertiary/aromatic N) is 2. The molecular formula is C11H16N2O6S. The van der Waals surface area contributed by atoms with Crippen LogP contribution in [0.3, 0.4) is 0 Å². The van der Waals surface area contributed by atoms with Gasteiger partial charge in [0, 0.05) is 13.1 Å². The Morgan fingerprint density at radius 1 is 1.50 bits per heavy atom. The third kappa shape index (κ3) is 3.06. The molecule has 8 nitrogen and oxygen atoms in total. The SMILES string of the molecule is COc1ccc(S(=O)(=O)N(C)C(C)CO)c([N+](=O)[O-])c1. The molecule has 1 rings (SSSR count). The highest BCUT2D eigenvalue weighted by molar-refractivity contribution is 7.89. The summed E-state index contributed by atoms with van der Waals surface area (Å²) in [7, 11) is -1.49. The average molecular weight is 304 g/mol. The quantitative estimate of drug-likeness (QED) is 0.609. The van der Waals surface area contributed by atoms with Crippen molar-refractivity contribution in [3.05, 3.63) is 28.3 Å². The lowest BCUT2D eigenvalue weighted by atomic mass is 10.3. The first-order valence-electron chi connectivity index (χ1n) is 5.67. The van der Waals surface area contributed by atoms with Crippen molar-refractivity contribution < 1.29 is 23.2 Å². The van der Waals surface area contributed by atoms with E-state index in [1.54, 1.807) is 0 Å². The molecule has 112 valence electrons. The van der Waals surface area contributed by atoms with Crippen molar-refractivity contribution in [2.24, 2.45) is 0 Å². The second kappa shape index (κ2) is 6.16. The van der Waals surface area contributed by atoms with Crippen LogP contribution in [0.25, 0.3) is 0 Å². The van der Waals surface area contributed by atoms with Gasteiger partial charge < -0.3 is 9.84 Å². The van der Waals surface area contributed by atoms with Crippen LogP contribution in [0.2, 0.25) is 0 Å². The summed E-state index contributed by atoms with van der Waals surface area (Å²) in [5, 5.41) is 20.0. The molecule has 1 aromatic carbocycles. The summed E-state index contributed by atoms with van der Waals surface area (Å²) < 4.78 is 30.4. The zero-order valence-corrected chi connectivity index (χ0v) is 12.1. The van der Waals surface area contributed by atoms with E-state index >= 15 is 0 Å². The molecule has 9 heteroatoms. The molecular weight excluding hydrogens is 288 g/mol.